The number of rotatable bonds is 6. The number of nitrogens with zero attached hydrogens (tertiary/aromatic N) is 1. The highest BCUT2D eigenvalue weighted by Crippen LogP contribution is 2.33. The Bertz CT molecular complexity index is 1030. The van der Waals surface area contributed by atoms with E-state index in [1.54, 1.807) is 31.2 Å². The molecule has 0 aliphatic carbocycles. The predicted octanol–water partition coefficient (Wildman–Crippen LogP) is 3.14. The molecule has 0 radical (unpaired) electrons. The Hall–Kier alpha value is -3.03. The van der Waals surface area contributed by atoms with Crippen LogP contribution in [0, 0.1) is 6.92 Å². The molecular weight excluding hydrogens is 382 g/mol. The monoisotopic (exact) mass is 401 g/mol. The number of ether oxygens (including phenoxy) is 2. The topological polar surface area (TPSA) is 95.6 Å². The number of esters is 1. The molecule has 28 heavy (non-hydrogen) atoms. The van der Waals surface area contributed by atoms with Crippen LogP contribution < -0.4 is 16.0 Å². The van der Waals surface area contributed by atoms with Gasteiger partial charge in [-0.05, 0) is 56.3 Å². The summed E-state index contributed by atoms with van der Waals surface area (Å²) in [5.41, 5.74) is 4.84. The second kappa shape index (κ2) is 8.33. The fraction of sp³-hybridized carbons (Fsp3) is 0.200. The molecule has 0 unspecified atom stereocenters. The number of hydrogen-bond donors (Lipinski definition) is 2. The number of hydrogen-bond acceptors (Lipinski definition) is 5. The molecule has 146 valence electrons. The van der Waals surface area contributed by atoms with Crippen LogP contribution in [0.3, 0.4) is 0 Å². The largest absolute Gasteiger partial charge is 0.484 e. The van der Waals surface area contributed by atoms with Gasteiger partial charge in [-0.1, -0.05) is 11.6 Å². The van der Waals surface area contributed by atoms with Gasteiger partial charge in [-0.3, -0.25) is 10.2 Å². The minimum absolute atomic E-state index is 0.229. The van der Waals surface area contributed by atoms with Gasteiger partial charge in [0.25, 0.3) is 5.91 Å². The molecule has 0 spiro atoms. The van der Waals surface area contributed by atoms with Crippen molar-refractivity contribution in [1.82, 2.24) is 9.99 Å². The minimum atomic E-state index is -0.458. The van der Waals surface area contributed by atoms with Crippen molar-refractivity contribution < 1.29 is 19.1 Å². The van der Waals surface area contributed by atoms with Gasteiger partial charge in [-0.15, -0.1) is 0 Å². The summed E-state index contributed by atoms with van der Waals surface area (Å²) in [5, 5.41) is 1.29. The Morgan fingerprint density at radius 1 is 1.18 bits per heavy atom. The summed E-state index contributed by atoms with van der Waals surface area (Å²) in [4.78, 5) is 24.0. The van der Waals surface area contributed by atoms with Gasteiger partial charge in [0.1, 0.15) is 5.75 Å². The summed E-state index contributed by atoms with van der Waals surface area (Å²) in [7, 11) is 0. The lowest BCUT2D eigenvalue weighted by atomic mass is 10.1. The number of fused-ring (bicyclic) bond motifs is 1. The van der Waals surface area contributed by atoms with Crippen LogP contribution in [0.15, 0.2) is 42.5 Å². The first-order valence-corrected chi connectivity index (χ1v) is 9.04. The van der Waals surface area contributed by atoms with Crippen LogP contribution >= 0.6 is 11.6 Å². The van der Waals surface area contributed by atoms with Crippen molar-refractivity contribution in [1.29, 1.82) is 0 Å². The van der Waals surface area contributed by atoms with Crippen LogP contribution in [0.2, 0.25) is 5.02 Å². The zero-order valence-electron chi connectivity index (χ0n) is 15.5. The lowest BCUT2D eigenvalue weighted by molar-refractivity contribution is -0.123. The van der Waals surface area contributed by atoms with Gasteiger partial charge in [0.05, 0.1) is 17.7 Å². The van der Waals surface area contributed by atoms with E-state index < -0.39 is 11.9 Å². The van der Waals surface area contributed by atoms with Crippen LogP contribution in [-0.4, -0.2) is 29.7 Å². The van der Waals surface area contributed by atoms with E-state index in [4.69, 9.17) is 26.9 Å². The molecule has 8 heteroatoms. The third kappa shape index (κ3) is 3.81. The van der Waals surface area contributed by atoms with Crippen LogP contribution in [0.4, 0.5) is 0 Å². The van der Waals surface area contributed by atoms with Crippen molar-refractivity contribution in [3.63, 3.8) is 0 Å². The zero-order valence-corrected chi connectivity index (χ0v) is 16.2. The molecule has 0 aliphatic rings. The van der Waals surface area contributed by atoms with E-state index >= 15 is 0 Å². The average Bonchev–Trinajstić information content (AvgIpc) is 2.98. The summed E-state index contributed by atoms with van der Waals surface area (Å²) in [6, 6.07) is 12.6. The van der Waals surface area contributed by atoms with E-state index in [9.17, 15) is 9.59 Å². The Morgan fingerprint density at radius 2 is 1.89 bits per heavy atom. The maximum Gasteiger partial charge on any atom is 0.340 e. The number of nitrogens with two attached hydrogens (primary N) is 1. The summed E-state index contributed by atoms with van der Waals surface area (Å²) >= 11 is 6.01. The van der Waals surface area contributed by atoms with E-state index in [0.29, 0.717) is 21.7 Å². The first kappa shape index (κ1) is 19.7. The number of carbonyl (C=O) groups excluding carboxylic acids is 2. The quantitative estimate of drug-likeness (QED) is 0.286. The average molecular weight is 402 g/mol. The van der Waals surface area contributed by atoms with Gasteiger partial charge in [0, 0.05) is 21.8 Å². The summed E-state index contributed by atoms with van der Waals surface area (Å²) in [6.07, 6.45) is 0. The lowest BCUT2D eigenvalue weighted by Gasteiger charge is -2.09. The van der Waals surface area contributed by atoms with Gasteiger partial charge in [-0.25, -0.2) is 10.6 Å². The van der Waals surface area contributed by atoms with Crippen molar-refractivity contribution in [2.45, 2.75) is 13.8 Å². The number of carbonyl (C=O) groups is 2. The van der Waals surface area contributed by atoms with E-state index in [1.165, 1.54) is 0 Å². The molecule has 2 aromatic carbocycles. The lowest BCUT2D eigenvalue weighted by Crippen LogP contribution is -2.34. The van der Waals surface area contributed by atoms with Gasteiger partial charge < -0.3 is 14.0 Å². The summed E-state index contributed by atoms with van der Waals surface area (Å²) in [5.74, 6) is 4.63. The minimum Gasteiger partial charge on any atom is -0.484 e. The molecule has 0 fully saturated rings. The molecule has 0 saturated heterocycles. The molecule has 0 bridgehead atoms. The van der Waals surface area contributed by atoms with E-state index in [0.717, 1.165) is 16.9 Å². The predicted molar refractivity (Wildman–Crippen MR) is 107 cm³/mol. The Balaban J connectivity index is 2.15. The SMILES string of the molecule is CCOC(=O)c1c(C)n(-c2ccc(Cl)cc2)c2ccc(OCC(=O)NN)cc12. The van der Waals surface area contributed by atoms with Crippen LogP contribution in [-0.2, 0) is 9.53 Å². The normalized spacial score (nSPS) is 10.7. The van der Waals surface area contributed by atoms with Gasteiger partial charge in [0.2, 0.25) is 0 Å². The fourth-order valence-corrected chi connectivity index (χ4v) is 3.19. The van der Waals surface area contributed by atoms with Crippen molar-refractivity contribution >= 4 is 34.4 Å². The number of nitrogens with one attached hydrogen (secondary N) is 1. The van der Waals surface area contributed by atoms with Crippen molar-refractivity contribution in [3.8, 4) is 11.4 Å². The van der Waals surface area contributed by atoms with Crippen molar-refractivity contribution in [2.75, 3.05) is 13.2 Å². The maximum atomic E-state index is 12.6. The molecule has 0 aliphatic heterocycles. The smallest absolute Gasteiger partial charge is 0.340 e. The van der Waals surface area contributed by atoms with Gasteiger partial charge in [0.15, 0.2) is 6.61 Å². The van der Waals surface area contributed by atoms with Crippen LogP contribution in [0.5, 0.6) is 5.75 Å². The highest BCUT2D eigenvalue weighted by Gasteiger charge is 2.22. The number of benzene rings is 2. The van der Waals surface area contributed by atoms with E-state index in [1.807, 2.05) is 35.1 Å². The first-order valence-electron chi connectivity index (χ1n) is 8.66. The van der Waals surface area contributed by atoms with E-state index in [2.05, 4.69) is 0 Å². The van der Waals surface area contributed by atoms with Gasteiger partial charge >= 0.3 is 5.97 Å². The maximum absolute atomic E-state index is 12.6. The van der Waals surface area contributed by atoms with Crippen molar-refractivity contribution in [2.24, 2.45) is 5.84 Å². The third-order valence-corrected chi connectivity index (χ3v) is 4.52. The Kier molecular flexibility index (Phi) is 5.87. The zero-order chi connectivity index (χ0) is 20.3. The molecule has 7 nitrogen and oxygen atoms in total. The molecule has 1 heterocycles. The first-order chi connectivity index (χ1) is 13.5. The Labute approximate surface area is 166 Å². The van der Waals surface area contributed by atoms with E-state index in [-0.39, 0.29) is 13.2 Å². The molecule has 1 aromatic heterocycles. The molecule has 0 saturated carbocycles. The van der Waals surface area contributed by atoms with Crippen LogP contribution in [0.25, 0.3) is 16.6 Å². The second-order valence-corrected chi connectivity index (χ2v) is 6.46. The van der Waals surface area contributed by atoms with Crippen LogP contribution in [0.1, 0.15) is 23.0 Å². The summed E-state index contributed by atoms with van der Waals surface area (Å²) < 4.78 is 12.7. The number of halogens is 1. The standard InChI is InChI=1S/C20H20ClN3O4/c1-3-27-20(26)19-12(2)24(14-6-4-13(21)5-7-14)17-9-8-15(10-16(17)19)28-11-18(25)23-22/h4-10H,3,11,22H2,1-2H3,(H,23,25). The Morgan fingerprint density at radius 3 is 2.54 bits per heavy atom. The number of aromatic nitrogens is 1. The molecule has 3 aromatic rings. The fourth-order valence-electron chi connectivity index (χ4n) is 3.06. The number of hydrazine groups is 1. The second-order valence-electron chi connectivity index (χ2n) is 6.03. The van der Waals surface area contributed by atoms with Crippen molar-refractivity contribution in [3.05, 3.63) is 58.7 Å². The summed E-state index contributed by atoms with van der Waals surface area (Å²) in [6.45, 7) is 3.64. The highest BCUT2D eigenvalue weighted by atomic mass is 35.5. The highest BCUT2D eigenvalue weighted by molar-refractivity contribution is 6.30. The molecule has 0 atom stereocenters. The molecular formula is C20H20ClN3O4. The molecule has 1 amide bonds. The molecule has 3 rings (SSSR count). The number of amides is 1. The third-order valence-electron chi connectivity index (χ3n) is 4.27. The van der Waals surface area contributed by atoms with Gasteiger partial charge in [-0.2, -0.15) is 0 Å². The molecule has 3 N–H and O–H groups in total.